The summed E-state index contributed by atoms with van der Waals surface area (Å²) in [6, 6.07) is 7.58. The Kier molecular flexibility index (Phi) is 3.69. The number of H-pyrrole nitrogens is 1. The largest absolute Gasteiger partial charge is 0.492 e. The lowest BCUT2D eigenvalue weighted by Gasteiger charge is -2.35. The molecule has 142 valence electrons. The molecule has 0 bridgehead atoms. The van der Waals surface area contributed by atoms with Crippen molar-refractivity contribution in [3.8, 4) is 5.75 Å². The molecule has 27 heavy (non-hydrogen) atoms. The van der Waals surface area contributed by atoms with Gasteiger partial charge in [0.2, 0.25) is 0 Å². The number of benzene rings is 1. The Morgan fingerprint density at radius 2 is 2.07 bits per heavy atom. The van der Waals surface area contributed by atoms with Crippen molar-refractivity contribution in [1.82, 2.24) is 15.1 Å². The lowest BCUT2D eigenvalue weighted by atomic mass is 9.73. The van der Waals surface area contributed by atoms with Gasteiger partial charge in [0.05, 0.1) is 0 Å². The molecule has 2 aliphatic rings. The summed E-state index contributed by atoms with van der Waals surface area (Å²) in [6.07, 6.45) is -4.65. The molecule has 7 nitrogen and oxygen atoms in total. The van der Waals surface area contributed by atoms with Crippen molar-refractivity contribution in [3.63, 3.8) is 0 Å². The Bertz CT molecular complexity index is 926. The van der Waals surface area contributed by atoms with Crippen LogP contribution in [0.1, 0.15) is 27.7 Å². The highest BCUT2D eigenvalue weighted by atomic mass is 19.4. The van der Waals surface area contributed by atoms with E-state index in [0.29, 0.717) is 17.4 Å². The molecule has 0 aliphatic carbocycles. The van der Waals surface area contributed by atoms with E-state index < -0.39 is 40.8 Å². The van der Waals surface area contributed by atoms with Gasteiger partial charge >= 0.3 is 12.1 Å². The van der Waals surface area contributed by atoms with Crippen LogP contribution >= 0.6 is 0 Å². The normalized spacial score (nSPS) is 24.1. The summed E-state index contributed by atoms with van der Waals surface area (Å²) in [5.74, 6) is -1.85. The predicted molar refractivity (Wildman–Crippen MR) is 84.2 cm³/mol. The van der Waals surface area contributed by atoms with E-state index in [1.165, 1.54) is 4.90 Å². The van der Waals surface area contributed by atoms with Crippen molar-refractivity contribution < 1.29 is 32.6 Å². The van der Waals surface area contributed by atoms with Gasteiger partial charge in [-0.05, 0) is 6.07 Å². The second-order valence-electron chi connectivity index (χ2n) is 6.69. The Hall–Kier alpha value is -3.04. The molecule has 0 radical (unpaired) electrons. The van der Waals surface area contributed by atoms with Crippen molar-refractivity contribution in [2.24, 2.45) is 5.41 Å². The molecule has 3 heterocycles. The summed E-state index contributed by atoms with van der Waals surface area (Å²) >= 11 is 0. The standard InChI is InChI=1S/C17H14F3N3O4/c18-17(19,20)13-5-11(21-22-13)14(24)23-6-10-9-3-1-2-4-12(9)27-8-16(10,7-23)15(25)26/h1-5,10H,6-8H2,(H,21,22)(H,25,26)/t10-,16-/m1/s1. The van der Waals surface area contributed by atoms with Crippen molar-refractivity contribution in [1.29, 1.82) is 0 Å². The fourth-order valence-electron chi connectivity index (χ4n) is 3.73. The monoisotopic (exact) mass is 381 g/mol. The van der Waals surface area contributed by atoms with Crippen LogP contribution in [0.15, 0.2) is 30.3 Å². The number of aromatic nitrogens is 2. The van der Waals surface area contributed by atoms with Crippen molar-refractivity contribution in [2.45, 2.75) is 12.1 Å². The summed E-state index contributed by atoms with van der Waals surface area (Å²) in [7, 11) is 0. The first-order valence-corrected chi connectivity index (χ1v) is 8.09. The molecular weight excluding hydrogens is 367 g/mol. The van der Waals surface area contributed by atoms with Crippen molar-refractivity contribution in [3.05, 3.63) is 47.3 Å². The maximum Gasteiger partial charge on any atom is 0.432 e. The van der Waals surface area contributed by atoms with Crippen molar-refractivity contribution >= 4 is 11.9 Å². The number of likely N-dealkylation sites (tertiary alicyclic amines) is 1. The number of aliphatic carboxylic acids is 1. The van der Waals surface area contributed by atoms with Crippen molar-refractivity contribution in [2.75, 3.05) is 19.7 Å². The van der Waals surface area contributed by atoms with E-state index in [0.717, 1.165) is 0 Å². The summed E-state index contributed by atoms with van der Waals surface area (Å²) in [4.78, 5) is 25.9. The van der Waals surface area contributed by atoms with Gasteiger partial charge in [-0.2, -0.15) is 18.3 Å². The fourth-order valence-corrected chi connectivity index (χ4v) is 3.73. The van der Waals surface area contributed by atoms with Crippen LogP contribution in [-0.4, -0.2) is 51.8 Å². The number of halogens is 3. The molecule has 0 spiro atoms. The maximum atomic E-state index is 12.7. The average Bonchev–Trinajstić information content (AvgIpc) is 3.26. The number of rotatable bonds is 2. The van der Waals surface area contributed by atoms with Gasteiger partial charge in [-0.25, -0.2) is 0 Å². The summed E-state index contributed by atoms with van der Waals surface area (Å²) in [5.41, 5.74) is -2.23. The van der Waals surface area contributed by atoms with E-state index in [-0.39, 0.29) is 19.7 Å². The zero-order valence-corrected chi connectivity index (χ0v) is 13.8. The van der Waals surface area contributed by atoms with E-state index in [9.17, 15) is 27.9 Å². The summed E-state index contributed by atoms with van der Waals surface area (Å²) in [6.45, 7) is -0.240. The number of para-hydroxylation sites is 1. The quantitative estimate of drug-likeness (QED) is 0.831. The molecule has 4 rings (SSSR count). The minimum atomic E-state index is -4.65. The molecule has 1 aromatic heterocycles. The molecule has 2 aliphatic heterocycles. The third-order valence-corrected chi connectivity index (χ3v) is 5.14. The Labute approximate surface area is 150 Å². The lowest BCUT2D eigenvalue weighted by Crippen LogP contribution is -2.46. The van der Waals surface area contributed by atoms with Gasteiger partial charge in [-0.1, -0.05) is 18.2 Å². The number of nitrogens with one attached hydrogen (secondary N) is 1. The van der Waals surface area contributed by atoms with Gasteiger partial charge in [-0.3, -0.25) is 14.7 Å². The number of nitrogens with zero attached hydrogens (tertiary/aromatic N) is 2. The number of carbonyl (C=O) groups excluding carboxylic acids is 1. The van der Waals surface area contributed by atoms with Crippen LogP contribution in [0.25, 0.3) is 0 Å². The lowest BCUT2D eigenvalue weighted by molar-refractivity contribution is -0.151. The van der Waals surface area contributed by atoms with Crippen LogP contribution in [0.3, 0.4) is 0 Å². The number of amides is 1. The topological polar surface area (TPSA) is 95.5 Å². The van der Waals surface area contributed by atoms with Gasteiger partial charge in [-0.15, -0.1) is 0 Å². The molecule has 1 aromatic carbocycles. The third-order valence-electron chi connectivity index (χ3n) is 5.14. The molecule has 0 saturated carbocycles. The maximum absolute atomic E-state index is 12.7. The Morgan fingerprint density at radius 3 is 2.74 bits per heavy atom. The molecule has 1 saturated heterocycles. The highest BCUT2D eigenvalue weighted by molar-refractivity contribution is 5.94. The van der Waals surface area contributed by atoms with Crippen LogP contribution in [0, 0.1) is 5.41 Å². The number of carboxylic acid groups (broad SMARTS) is 1. The fraction of sp³-hybridized carbons (Fsp3) is 0.353. The number of carbonyl (C=O) groups is 2. The molecule has 0 unspecified atom stereocenters. The number of hydrogen-bond donors (Lipinski definition) is 2. The van der Waals surface area contributed by atoms with Crippen LogP contribution in [0.2, 0.25) is 0 Å². The minimum Gasteiger partial charge on any atom is -0.492 e. The first kappa shape index (κ1) is 17.4. The number of fused-ring (bicyclic) bond motifs is 3. The van der Waals surface area contributed by atoms with Crippen LogP contribution in [0.5, 0.6) is 5.75 Å². The first-order valence-electron chi connectivity index (χ1n) is 8.09. The van der Waals surface area contributed by atoms with Gasteiger partial charge in [0.25, 0.3) is 5.91 Å². The van der Waals surface area contributed by atoms with Crippen LogP contribution in [-0.2, 0) is 11.0 Å². The highest BCUT2D eigenvalue weighted by Gasteiger charge is 2.57. The number of aromatic amines is 1. The Morgan fingerprint density at radius 1 is 1.33 bits per heavy atom. The van der Waals surface area contributed by atoms with E-state index in [2.05, 4.69) is 5.10 Å². The third kappa shape index (κ3) is 2.63. The number of hydrogen-bond acceptors (Lipinski definition) is 4. The second-order valence-corrected chi connectivity index (χ2v) is 6.69. The molecule has 2 atom stereocenters. The van der Waals surface area contributed by atoms with Gasteiger partial charge in [0.15, 0.2) is 5.69 Å². The smallest absolute Gasteiger partial charge is 0.432 e. The molecule has 1 amide bonds. The van der Waals surface area contributed by atoms with E-state index in [1.54, 1.807) is 29.4 Å². The van der Waals surface area contributed by atoms with E-state index >= 15 is 0 Å². The zero-order valence-electron chi connectivity index (χ0n) is 13.8. The SMILES string of the molecule is O=C(c1cc(C(F)(F)F)[nH]n1)N1C[C@@H]2c3ccccc3OC[C@]2(C(=O)O)C1. The van der Waals surface area contributed by atoms with E-state index in [4.69, 9.17) is 4.74 Å². The number of ether oxygens (including phenoxy) is 1. The van der Waals surface area contributed by atoms with E-state index in [1.807, 2.05) is 0 Å². The number of alkyl halides is 3. The number of carboxylic acids is 1. The zero-order chi connectivity index (χ0) is 19.4. The molecule has 1 fully saturated rings. The molecule has 2 aromatic rings. The minimum absolute atomic E-state index is 0.0553. The Balaban J connectivity index is 1.66. The first-order chi connectivity index (χ1) is 12.7. The van der Waals surface area contributed by atoms with Gasteiger partial charge < -0.3 is 14.7 Å². The van der Waals surface area contributed by atoms with Gasteiger partial charge in [0.1, 0.15) is 23.5 Å². The molecular formula is C17H14F3N3O4. The van der Waals surface area contributed by atoms with Crippen LogP contribution in [0.4, 0.5) is 13.2 Å². The van der Waals surface area contributed by atoms with Gasteiger partial charge in [0, 0.05) is 30.6 Å². The highest BCUT2D eigenvalue weighted by Crippen LogP contribution is 2.49. The van der Waals surface area contributed by atoms with Crippen LogP contribution < -0.4 is 4.74 Å². The summed E-state index contributed by atoms with van der Waals surface area (Å²) < 4.78 is 43.8. The average molecular weight is 381 g/mol. The predicted octanol–water partition coefficient (Wildman–Crippen LogP) is 2.13. The second kappa shape index (κ2) is 5.73. The summed E-state index contributed by atoms with van der Waals surface area (Å²) in [5, 5.41) is 15.1. The molecule has 2 N–H and O–H groups in total. The molecule has 10 heteroatoms.